The number of carbonyl (C=O) groups excluding carboxylic acids is 1. The van der Waals surface area contributed by atoms with E-state index in [0.29, 0.717) is 23.1 Å². The van der Waals surface area contributed by atoms with Gasteiger partial charge < -0.3 is 15.2 Å². The number of hydrogen-bond acceptors (Lipinski definition) is 6. The number of aromatic nitrogens is 3. The molecular weight excluding hydrogens is 396 g/mol. The number of benzene rings is 1. The van der Waals surface area contributed by atoms with Gasteiger partial charge in [0.25, 0.3) is 11.5 Å². The van der Waals surface area contributed by atoms with Gasteiger partial charge in [-0.05, 0) is 36.8 Å². The average Bonchev–Trinajstić information content (AvgIpc) is 2.79. The molecule has 0 aliphatic carbocycles. The Morgan fingerprint density at radius 2 is 1.94 bits per heavy atom. The summed E-state index contributed by atoms with van der Waals surface area (Å²) in [6.07, 6.45) is 1.63. The molecule has 1 fully saturated rings. The van der Waals surface area contributed by atoms with Crippen LogP contribution >= 0.6 is 0 Å². The van der Waals surface area contributed by atoms with Crippen LogP contribution in [0.2, 0.25) is 0 Å². The van der Waals surface area contributed by atoms with Crippen LogP contribution in [0.15, 0.2) is 46.1 Å². The predicted octanol–water partition coefficient (Wildman–Crippen LogP) is 0.787. The minimum Gasteiger partial charge on any atom is -0.367 e. The Bertz CT molecular complexity index is 1220. The predicted molar refractivity (Wildman–Crippen MR) is 120 cm³/mol. The summed E-state index contributed by atoms with van der Waals surface area (Å²) >= 11 is 0. The average molecular weight is 422 g/mol. The Balaban J connectivity index is 1.47. The van der Waals surface area contributed by atoms with Crippen LogP contribution in [-0.4, -0.2) is 58.6 Å². The summed E-state index contributed by atoms with van der Waals surface area (Å²) in [6, 6.07) is 9.39. The van der Waals surface area contributed by atoms with Gasteiger partial charge in [-0.3, -0.25) is 19.1 Å². The van der Waals surface area contributed by atoms with E-state index >= 15 is 0 Å². The molecular formula is C22H26N6O3. The molecule has 0 unspecified atom stereocenters. The third-order valence-corrected chi connectivity index (χ3v) is 5.71. The van der Waals surface area contributed by atoms with Crippen molar-refractivity contribution in [2.45, 2.75) is 20.0 Å². The smallest absolute Gasteiger partial charge is 0.328 e. The van der Waals surface area contributed by atoms with Crippen molar-refractivity contribution >= 4 is 22.5 Å². The number of pyridine rings is 1. The lowest BCUT2D eigenvalue weighted by atomic mass is 10.1. The number of piperazine rings is 1. The quantitative estimate of drug-likeness (QED) is 0.630. The number of rotatable bonds is 5. The molecule has 0 saturated carbocycles. The number of carbonyl (C=O) groups is 1. The van der Waals surface area contributed by atoms with Crippen LogP contribution in [0.4, 0.5) is 5.69 Å². The zero-order valence-electron chi connectivity index (χ0n) is 17.7. The van der Waals surface area contributed by atoms with Gasteiger partial charge in [-0.25, -0.2) is 9.78 Å². The fraction of sp³-hybridized carbons (Fsp3) is 0.364. The van der Waals surface area contributed by atoms with E-state index in [9.17, 15) is 14.4 Å². The SMILES string of the molecule is CCn1c(=O)[nH]c2cc(CN3CCN(c4cccnc4C(=O)NC)CC3)ccc2c1=O. The molecule has 9 nitrogen and oxygen atoms in total. The van der Waals surface area contributed by atoms with Gasteiger partial charge in [0, 0.05) is 52.5 Å². The van der Waals surface area contributed by atoms with Crippen molar-refractivity contribution in [3.05, 3.63) is 68.6 Å². The number of nitrogens with one attached hydrogen (secondary N) is 2. The normalized spacial score (nSPS) is 14.7. The van der Waals surface area contributed by atoms with Gasteiger partial charge in [-0.15, -0.1) is 0 Å². The summed E-state index contributed by atoms with van der Waals surface area (Å²) in [4.78, 5) is 48.2. The Morgan fingerprint density at radius 1 is 1.16 bits per heavy atom. The molecule has 3 aromatic rings. The fourth-order valence-corrected chi connectivity index (χ4v) is 4.04. The molecule has 162 valence electrons. The molecule has 0 atom stereocenters. The van der Waals surface area contributed by atoms with Crippen LogP contribution in [0.5, 0.6) is 0 Å². The summed E-state index contributed by atoms with van der Waals surface area (Å²) in [5.74, 6) is -0.190. The number of anilines is 1. The molecule has 2 aromatic heterocycles. The molecule has 4 rings (SSSR count). The maximum atomic E-state index is 12.4. The van der Waals surface area contributed by atoms with Crippen molar-refractivity contribution in [3.63, 3.8) is 0 Å². The number of aromatic amines is 1. The Labute approximate surface area is 179 Å². The maximum Gasteiger partial charge on any atom is 0.328 e. The number of H-pyrrole nitrogens is 1. The topological polar surface area (TPSA) is 103 Å². The van der Waals surface area contributed by atoms with Crippen LogP contribution < -0.4 is 21.5 Å². The zero-order valence-corrected chi connectivity index (χ0v) is 17.7. The lowest BCUT2D eigenvalue weighted by molar-refractivity contribution is 0.0958. The maximum absolute atomic E-state index is 12.4. The molecule has 1 aliphatic rings. The molecule has 2 N–H and O–H groups in total. The highest BCUT2D eigenvalue weighted by Gasteiger charge is 2.22. The molecule has 0 spiro atoms. The third-order valence-electron chi connectivity index (χ3n) is 5.71. The summed E-state index contributed by atoms with van der Waals surface area (Å²) < 4.78 is 1.20. The molecule has 1 amide bonds. The van der Waals surface area contributed by atoms with E-state index in [1.54, 1.807) is 26.2 Å². The Hall–Kier alpha value is -3.46. The van der Waals surface area contributed by atoms with E-state index in [1.165, 1.54) is 4.57 Å². The second kappa shape index (κ2) is 8.73. The number of nitrogens with zero attached hydrogens (tertiary/aromatic N) is 4. The van der Waals surface area contributed by atoms with Crippen LogP contribution in [0, 0.1) is 0 Å². The van der Waals surface area contributed by atoms with Crippen LogP contribution in [-0.2, 0) is 13.1 Å². The highest BCUT2D eigenvalue weighted by atomic mass is 16.2. The number of fused-ring (bicyclic) bond motifs is 1. The van der Waals surface area contributed by atoms with Crippen LogP contribution in [0.1, 0.15) is 23.0 Å². The van der Waals surface area contributed by atoms with E-state index in [1.807, 2.05) is 24.3 Å². The first-order chi connectivity index (χ1) is 15.0. The van der Waals surface area contributed by atoms with Gasteiger partial charge in [0.1, 0.15) is 0 Å². The lowest BCUT2D eigenvalue weighted by Gasteiger charge is -2.36. The number of amides is 1. The monoisotopic (exact) mass is 422 g/mol. The van der Waals surface area contributed by atoms with E-state index in [0.717, 1.165) is 44.0 Å². The van der Waals surface area contributed by atoms with Crippen molar-refractivity contribution in [3.8, 4) is 0 Å². The molecule has 1 saturated heterocycles. The summed E-state index contributed by atoms with van der Waals surface area (Å²) in [6.45, 7) is 6.05. The lowest BCUT2D eigenvalue weighted by Crippen LogP contribution is -2.46. The molecule has 0 bridgehead atoms. The molecule has 1 aliphatic heterocycles. The van der Waals surface area contributed by atoms with Gasteiger partial charge >= 0.3 is 5.69 Å². The number of hydrogen-bond donors (Lipinski definition) is 2. The highest BCUT2D eigenvalue weighted by molar-refractivity contribution is 5.97. The van der Waals surface area contributed by atoms with Gasteiger partial charge in [0.15, 0.2) is 5.69 Å². The van der Waals surface area contributed by atoms with Crippen molar-refractivity contribution < 1.29 is 4.79 Å². The molecule has 31 heavy (non-hydrogen) atoms. The van der Waals surface area contributed by atoms with Crippen LogP contribution in [0.25, 0.3) is 10.9 Å². The van der Waals surface area contributed by atoms with E-state index < -0.39 is 0 Å². The first-order valence-electron chi connectivity index (χ1n) is 10.4. The summed E-state index contributed by atoms with van der Waals surface area (Å²) in [5, 5.41) is 3.17. The second-order valence-corrected chi connectivity index (χ2v) is 7.57. The first kappa shape index (κ1) is 20.8. The Morgan fingerprint density at radius 3 is 2.65 bits per heavy atom. The minimum atomic E-state index is -0.380. The van der Waals surface area contributed by atoms with E-state index in [4.69, 9.17) is 0 Å². The highest BCUT2D eigenvalue weighted by Crippen LogP contribution is 2.21. The minimum absolute atomic E-state index is 0.190. The van der Waals surface area contributed by atoms with Gasteiger partial charge in [0.05, 0.1) is 16.6 Å². The van der Waals surface area contributed by atoms with Crippen LogP contribution in [0.3, 0.4) is 0 Å². The van der Waals surface area contributed by atoms with E-state index in [-0.39, 0.29) is 17.2 Å². The third kappa shape index (κ3) is 4.09. The fourth-order valence-electron chi connectivity index (χ4n) is 4.04. The van der Waals surface area contributed by atoms with Crippen molar-refractivity contribution in [2.75, 3.05) is 38.1 Å². The van der Waals surface area contributed by atoms with Crippen molar-refractivity contribution in [1.29, 1.82) is 0 Å². The molecule has 3 heterocycles. The largest absolute Gasteiger partial charge is 0.367 e. The summed E-state index contributed by atoms with van der Waals surface area (Å²) in [5.41, 5.74) is 2.25. The van der Waals surface area contributed by atoms with E-state index in [2.05, 4.69) is 25.1 Å². The Kier molecular flexibility index (Phi) is 5.85. The molecule has 9 heteroatoms. The van der Waals surface area contributed by atoms with Crippen molar-refractivity contribution in [1.82, 2.24) is 24.8 Å². The summed E-state index contributed by atoms with van der Waals surface area (Å²) in [7, 11) is 1.60. The van der Waals surface area contributed by atoms with Crippen molar-refractivity contribution in [2.24, 2.45) is 0 Å². The molecule has 0 radical (unpaired) electrons. The zero-order chi connectivity index (χ0) is 22.0. The standard InChI is InChI=1S/C22H26N6O3/c1-3-28-21(30)16-7-6-15(13-17(16)25-22(28)31)14-26-9-11-27(12-10-26)18-5-4-8-24-19(18)20(29)23-2/h4-8,13H,3,9-12,14H2,1-2H3,(H,23,29)(H,25,31). The van der Waals surface area contributed by atoms with Gasteiger partial charge in [0.2, 0.25) is 0 Å². The second-order valence-electron chi connectivity index (χ2n) is 7.57. The molecule has 1 aromatic carbocycles. The van der Waals surface area contributed by atoms with Gasteiger partial charge in [-0.2, -0.15) is 0 Å². The van der Waals surface area contributed by atoms with Gasteiger partial charge in [-0.1, -0.05) is 6.07 Å². The first-order valence-corrected chi connectivity index (χ1v) is 10.4.